The van der Waals surface area contributed by atoms with Crippen LogP contribution in [0.5, 0.6) is 0 Å². The molecule has 0 aromatic rings. The number of carbonyl (C=O) groups excluding carboxylic acids is 1. The number of hydrogen-bond donors (Lipinski definition) is 1. The highest BCUT2D eigenvalue weighted by atomic mass is 16.4. The van der Waals surface area contributed by atoms with Crippen molar-refractivity contribution in [3.8, 4) is 0 Å². The summed E-state index contributed by atoms with van der Waals surface area (Å²) in [7, 11) is 0. The maximum absolute atomic E-state index is 11.3. The van der Waals surface area contributed by atoms with E-state index in [0.717, 1.165) is 12.8 Å². The molecule has 0 amide bonds. The molecule has 0 radical (unpaired) electrons. The van der Waals surface area contributed by atoms with Crippen LogP contribution >= 0.6 is 0 Å². The van der Waals surface area contributed by atoms with Crippen molar-refractivity contribution < 1.29 is 14.7 Å². The Labute approximate surface area is 82.9 Å². The van der Waals surface area contributed by atoms with E-state index in [1.54, 1.807) is 0 Å². The van der Waals surface area contributed by atoms with E-state index < -0.39 is 5.97 Å². The van der Waals surface area contributed by atoms with Gasteiger partial charge in [-0.15, -0.1) is 0 Å². The minimum Gasteiger partial charge on any atom is -0.481 e. The predicted octanol–water partition coefficient (Wildman–Crippen LogP) is 0.657. The van der Waals surface area contributed by atoms with Crippen LogP contribution < -0.4 is 0 Å². The predicted molar refractivity (Wildman–Crippen MR) is 50.0 cm³/mol. The summed E-state index contributed by atoms with van der Waals surface area (Å²) in [6.45, 7) is 0.609. The maximum atomic E-state index is 11.3. The molecule has 2 heterocycles. The number of nitrogens with zero attached hydrogens (tertiary/aromatic N) is 1. The molecule has 0 aromatic heterocycles. The van der Waals surface area contributed by atoms with Gasteiger partial charge in [-0.25, -0.2) is 0 Å². The molecule has 2 atom stereocenters. The normalized spacial score (nSPS) is 32.1. The van der Waals surface area contributed by atoms with Gasteiger partial charge in [0.15, 0.2) is 0 Å². The van der Waals surface area contributed by atoms with Gasteiger partial charge in [0.05, 0.1) is 6.42 Å². The Morgan fingerprint density at radius 2 is 1.93 bits per heavy atom. The molecule has 0 spiro atoms. The summed E-state index contributed by atoms with van der Waals surface area (Å²) in [5, 5.41) is 8.60. The van der Waals surface area contributed by atoms with Crippen LogP contribution in [0.4, 0.5) is 0 Å². The zero-order chi connectivity index (χ0) is 10.1. The zero-order valence-electron chi connectivity index (χ0n) is 8.11. The fourth-order valence-corrected chi connectivity index (χ4v) is 2.65. The summed E-state index contributed by atoms with van der Waals surface area (Å²) in [5.41, 5.74) is 0. The molecule has 78 valence electrons. The highest BCUT2D eigenvalue weighted by Crippen LogP contribution is 2.33. The number of carboxylic acid groups (broad SMARTS) is 1. The van der Waals surface area contributed by atoms with Gasteiger partial charge in [0.2, 0.25) is 0 Å². The zero-order valence-corrected chi connectivity index (χ0v) is 8.11. The third-order valence-electron chi connectivity index (χ3n) is 3.28. The first-order chi connectivity index (χ1) is 6.66. The Morgan fingerprint density at radius 1 is 1.36 bits per heavy atom. The first-order valence-corrected chi connectivity index (χ1v) is 5.16. The summed E-state index contributed by atoms with van der Waals surface area (Å²) in [5.74, 6) is -0.398. The van der Waals surface area contributed by atoms with Crippen LogP contribution in [0.15, 0.2) is 0 Å². The quantitative estimate of drug-likeness (QED) is 0.722. The third kappa shape index (κ3) is 1.80. The molecule has 14 heavy (non-hydrogen) atoms. The highest BCUT2D eigenvalue weighted by molar-refractivity contribution is 5.81. The molecule has 2 rings (SSSR count). The van der Waals surface area contributed by atoms with Gasteiger partial charge in [0, 0.05) is 31.5 Å². The van der Waals surface area contributed by atoms with Crippen LogP contribution in [0.1, 0.15) is 32.1 Å². The van der Waals surface area contributed by atoms with E-state index in [1.165, 1.54) is 0 Å². The number of ketones is 1. The summed E-state index contributed by atoms with van der Waals surface area (Å²) < 4.78 is 0. The lowest BCUT2D eigenvalue weighted by molar-refractivity contribution is -0.137. The second-order valence-corrected chi connectivity index (χ2v) is 4.21. The van der Waals surface area contributed by atoms with Gasteiger partial charge in [-0.05, 0) is 12.8 Å². The molecule has 0 saturated carbocycles. The van der Waals surface area contributed by atoms with Gasteiger partial charge in [-0.1, -0.05) is 0 Å². The third-order valence-corrected chi connectivity index (χ3v) is 3.28. The Balaban J connectivity index is 1.94. The fourth-order valence-electron chi connectivity index (χ4n) is 2.65. The Hall–Kier alpha value is -0.900. The number of Topliss-reactive ketones (excluding diaryl/α,β-unsaturated/α-hetero) is 1. The molecule has 1 N–H and O–H groups in total. The molecule has 2 aliphatic heterocycles. The molecule has 4 heteroatoms. The summed E-state index contributed by atoms with van der Waals surface area (Å²) in [6, 6.07) is 0.668. The molecule has 0 aliphatic carbocycles. The van der Waals surface area contributed by atoms with Crippen molar-refractivity contribution in [2.75, 3.05) is 6.54 Å². The van der Waals surface area contributed by atoms with Crippen molar-refractivity contribution in [1.82, 2.24) is 4.90 Å². The average molecular weight is 197 g/mol. The van der Waals surface area contributed by atoms with Crippen molar-refractivity contribution in [3.05, 3.63) is 0 Å². The van der Waals surface area contributed by atoms with Gasteiger partial charge in [-0.2, -0.15) is 0 Å². The van der Waals surface area contributed by atoms with E-state index in [1.807, 2.05) is 0 Å². The molecule has 2 aliphatic rings. The van der Waals surface area contributed by atoms with Crippen LogP contribution in [0.2, 0.25) is 0 Å². The lowest BCUT2D eigenvalue weighted by atomic mass is 10.0. The minimum atomic E-state index is -0.749. The van der Waals surface area contributed by atoms with Crippen LogP contribution in [0.25, 0.3) is 0 Å². The topological polar surface area (TPSA) is 57.6 Å². The van der Waals surface area contributed by atoms with E-state index in [-0.39, 0.29) is 6.42 Å². The maximum Gasteiger partial charge on any atom is 0.304 e. The van der Waals surface area contributed by atoms with Crippen LogP contribution in [-0.4, -0.2) is 40.4 Å². The number of fused-ring (bicyclic) bond motifs is 2. The van der Waals surface area contributed by atoms with Crippen molar-refractivity contribution >= 4 is 11.8 Å². The summed E-state index contributed by atoms with van der Waals surface area (Å²) >= 11 is 0. The standard InChI is InChI=1S/C10H15NO3/c12-9-5-7-1-2-8(6-9)11(7)4-3-10(13)14/h7-8H,1-6H2,(H,13,14). The van der Waals surface area contributed by atoms with E-state index in [2.05, 4.69) is 4.90 Å². The molecular weight excluding hydrogens is 182 g/mol. The van der Waals surface area contributed by atoms with E-state index in [9.17, 15) is 9.59 Å². The number of hydrogen-bond acceptors (Lipinski definition) is 3. The number of piperidine rings is 1. The van der Waals surface area contributed by atoms with E-state index in [4.69, 9.17) is 5.11 Å². The highest BCUT2D eigenvalue weighted by Gasteiger charge is 2.39. The van der Waals surface area contributed by atoms with E-state index in [0.29, 0.717) is 37.3 Å². The van der Waals surface area contributed by atoms with Gasteiger partial charge < -0.3 is 5.11 Å². The lowest BCUT2D eigenvalue weighted by Gasteiger charge is -2.33. The molecule has 2 saturated heterocycles. The second-order valence-electron chi connectivity index (χ2n) is 4.21. The number of aliphatic carboxylic acids is 1. The number of carbonyl (C=O) groups is 2. The van der Waals surface area contributed by atoms with Crippen LogP contribution in [0.3, 0.4) is 0 Å². The van der Waals surface area contributed by atoms with Crippen molar-refractivity contribution in [1.29, 1.82) is 0 Å². The molecular formula is C10H15NO3. The minimum absolute atomic E-state index is 0.196. The smallest absolute Gasteiger partial charge is 0.304 e. The molecule has 2 unspecified atom stereocenters. The Bertz CT molecular complexity index is 248. The first-order valence-electron chi connectivity index (χ1n) is 5.16. The second kappa shape index (κ2) is 3.69. The Morgan fingerprint density at radius 3 is 2.43 bits per heavy atom. The average Bonchev–Trinajstić information content (AvgIpc) is 2.34. The summed E-state index contributed by atoms with van der Waals surface area (Å²) in [6.07, 6.45) is 3.60. The van der Waals surface area contributed by atoms with Crippen LogP contribution in [0, 0.1) is 0 Å². The van der Waals surface area contributed by atoms with Crippen LogP contribution in [-0.2, 0) is 9.59 Å². The van der Waals surface area contributed by atoms with Crippen molar-refractivity contribution in [2.45, 2.75) is 44.2 Å². The largest absolute Gasteiger partial charge is 0.481 e. The van der Waals surface area contributed by atoms with Crippen molar-refractivity contribution in [3.63, 3.8) is 0 Å². The Kier molecular flexibility index (Phi) is 2.54. The number of carboxylic acids is 1. The van der Waals surface area contributed by atoms with Gasteiger partial charge >= 0.3 is 5.97 Å². The fraction of sp³-hybridized carbons (Fsp3) is 0.800. The molecule has 4 nitrogen and oxygen atoms in total. The lowest BCUT2D eigenvalue weighted by Crippen LogP contribution is -2.43. The van der Waals surface area contributed by atoms with Gasteiger partial charge in [0.25, 0.3) is 0 Å². The van der Waals surface area contributed by atoms with E-state index >= 15 is 0 Å². The number of rotatable bonds is 3. The van der Waals surface area contributed by atoms with Crippen molar-refractivity contribution in [2.24, 2.45) is 0 Å². The molecule has 2 fully saturated rings. The molecule has 0 aromatic carbocycles. The first kappa shape index (κ1) is 9.65. The monoisotopic (exact) mass is 197 g/mol. The summed E-state index contributed by atoms with van der Waals surface area (Å²) in [4.78, 5) is 23.9. The van der Waals surface area contributed by atoms with Gasteiger partial charge in [0.1, 0.15) is 5.78 Å². The molecule has 2 bridgehead atoms. The SMILES string of the molecule is O=C(O)CCN1C2CCC1CC(=O)C2. The van der Waals surface area contributed by atoms with Gasteiger partial charge in [-0.3, -0.25) is 14.5 Å².